The number of aromatic nitrogens is 3. The molecule has 1 saturated heterocycles. The summed E-state index contributed by atoms with van der Waals surface area (Å²) in [6.45, 7) is 4.22. The van der Waals surface area contributed by atoms with Gasteiger partial charge in [0.2, 0.25) is 5.91 Å². The highest BCUT2D eigenvalue weighted by Crippen LogP contribution is 2.17. The molecule has 1 aliphatic rings. The highest BCUT2D eigenvalue weighted by atomic mass is 16.2. The SMILES string of the molecule is Cc1nc2cc(CC(=O)N3CCN(C(=O)c4ccc[nH]4)CC3)ccc2n1C. The molecule has 27 heavy (non-hydrogen) atoms. The van der Waals surface area contributed by atoms with E-state index >= 15 is 0 Å². The summed E-state index contributed by atoms with van der Waals surface area (Å²) in [5, 5.41) is 0. The van der Waals surface area contributed by atoms with Crippen molar-refractivity contribution in [1.82, 2.24) is 24.3 Å². The Kier molecular flexibility index (Phi) is 4.43. The molecule has 0 spiro atoms. The molecule has 1 fully saturated rings. The number of H-pyrrole nitrogens is 1. The second kappa shape index (κ2) is 6.90. The molecule has 1 aliphatic heterocycles. The maximum Gasteiger partial charge on any atom is 0.270 e. The summed E-state index contributed by atoms with van der Waals surface area (Å²) < 4.78 is 2.04. The molecular formula is C20H23N5O2. The zero-order chi connectivity index (χ0) is 19.0. The van der Waals surface area contributed by atoms with Crippen LogP contribution in [-0.4, -0.2) is 62.3 Å². The van der Waals surface area contributed by atoms with Crippen molar-refractivity contribution in [3.63, 3.8) is 0 Å². The van der Waals surface area contributed by atoms with Gasteiger partial charge in [0, 0.05) is 39.4 Å². The number of nitrogens with one attached hydrogen (secondary N) is 1. The van der Waals surface area contributed by atoms with Crippen LogP contribution in [-0.2, 0) is 18.3 Å². The van der Waals surface area contributed by atoms with Crippen LogP contribution >= 0.6 is 0 Å². The first-order valence-electron chi connectivity index (χ1n) is 9.15. The number of imidazole rings is 1. The highest BCUT2D eigenvalue weighted by molar-refractivity contribution is 5.92. The minimum Gasteiger partial charge on any atom is -0.357 e. The molecule has 0 atom stereocenters. The predicted molar refractivity (Wildman–Crippen MR) is 102 cm³/mol. The lowest BCUT2D eigenvalue weighted by Crippen LogP contribution is -2.51. The molecule has 3 heterocycles. The fourth-order valence-corrected chi connectivity index (χ4v) is 3.55. The fourth-order valence-electron chi connectivity index (χ4n) is 3.55. The van der Waals surface area contributed by atoms with Crippen LogP contribution in [0.1, 0.15) is 21.9 Å². The third-order valence-corrected chi connectivity index (χ3v) is 5.27. The van der Waals surface area contributed by atoms with E-state index in [1.165, 1.54) is 0 Å². The number of hydrogen-bond acceptors (Lipinski definition) is 3. The molecule has 4 rings (SSSR count). The number of carbonyl (C=O) groups is 2. The third kappa shape index (κ3) is 3.32. The molecule has 7 heteroatoms. The fraction of sp³-hybridized carbons (Fsp3) is 0.350. The lowest BCUT2D eigenvalue weighted by Gasteiger charge is -2.34. The van der Waals surface area contributed by atoms with E-state index < -0.39 is 0 Å². The quantitative estimate of drug-likeness (QED) is 0.768. The first-order chi connectivity index (χ1) is 13.0. The first-order valence-corrected chi connectivity index (χ1v) is 9.15. The van der Waals surface area contributed by atoms with E-state index in [-0.39, 0.29) is 11.8 Å². The smallest absolute Gasteiger partial charge is 0.270 e. The number of fused-ring (bicyclic) bond motifs is 1. The van der Waals surface area contributed by atoms with Gasteiger partial charge in [-0.1, -0.05) is 6.07 Å². The van der Waals surface area contributed by atoms with Crippen molar-refractivity contribution in [3.05, 3.63) is 53.6 Å². The Labute approximate surface area is 157 Å². The normalized spacial score (nSPS) is 14.7. The van der Waals surface area contributed by atoms with Gasteiger partial charge in [0.25, 0.3) is 5.91 Å². The van der Waals surface area contributed by atoms with Crippen molar-refractivity contribution < 1.29 is 9.59 Å². The number of aromatic amines is 1. The zero-order valence-electron chi connectivity index (χ0n) is 15.6. The van der Waals surface area contributed by atoms with E-state index in [0.717, 1.165) is 22.4 Å². The van der Waals surface area contributed by atoms with E-state index in [1.54, 1.807) is 17.2 Å². The van der Waals surface area contributed by atoms with E-state index in [0.29, 0.717) is 38.3 Å². The highest BCUT2D eigenvalue weighted by Gasteiger charge is 2.25. The lowest BCUT2D eigenvalue weighted by molar-refractivity contribution is -0.131. The average molecular weight is 365 g/mol. The van der Waals surface area contributed by atoms with Gasteiger partial charge in [-0.25, -0.2) is 4.98 Å². The summed E-state index contributed by atoms with van der Waals surface area (Å²) in [6, 6.07) is 9.59. The molecule has 1 N–H and O–H groups in total. The molecule has 0 unspecified atom stereocenters. The summed E-state index contributed by atoms with van der Waals surface area (Å²) in [4.78, 5) is 36.1. The number of rotatable bonds is 3. The molecular weight excluding hydrogens is 342 g/mol. The summed E-state index contributed by atoms with van der Waals surface area (Å²) in [5.74, 6) is 1.04. The maximum absolute atomic E-state index is 12.7. The Balaban J connectivity index is 1.37. The zero-order valence-corrected chi connectivity index (χ0v) is 15.6. The summed E-state index contributed by atoms with van der Waals surface area (Å²) >= 11 is 0. The molecule has 0 bridgehead atoms. The van der Waals surface area contributed by atoms with E-state index in [9.17, 15) is 9.59 Å². The van der Waals surface area contributed by atoms with Crippen LogP contribution in [0.25, 0.3) is 11.0 Å². The molecule has 3 aromatic rings. The number of piperazine rings is 1. The Hall–Kier alpha value is -3.09. The van der Waals surface area contributed by atoms with Gasteiger partial charge < -0.3 is 19.4 Å². The van der Waals surface area contributed by atoms with E-state index in [1.807, 2.05) is 47.7 Å². The monoisotopic (exact) mass is 365 g/mol. The topological polar surface area (TPSA) is 74.2 Å². The van der Waals surface area contributed by atoms with Crippen molar-refractivity contribution in [1.29, 1.82) is 0 Å². The van der Waals surface area contributed by atoms with Gasteiger partial charge in [-0.05, 0) is 36.8 Å². The van der Waals surface area contributed by atoms with Crippen molar-refractivity contribution >= 4 is 22.8 Å². The second-order valence-electron chi connectivity index (χ2n) is 6.97. The van der Waals surface area contributed by atoms with Gasteiger partial charge in [0.05, 0.1) is 17.5 Å². The molecule has 1 aromatic carbocycles. The van der Waals surface area contributed by atoms with Gasteiger partial charge in [0.15, 0.2) is 0 Å². The number of aryl methyl sites for hydroxylation is 2. The maximum atomic E-state index is 12.7. The number of benzene rings is 1. The van der Waals surface area contributed by atoms with Crippen molar-refractivity contribution in [2.75, 3.05) is 26.2 Å². The molecule has 140 valence electrons. The van der Waals surface area contributed by atoms with E-state index in [2.05, 4.69) is 9.97 Å². The van der Waals surface area contributed by atoms with Crippen LogP contribution < -0.4 is 0 Å². The second-order valence-corrected chi connectivity index (χ2v) is 6.97. The minimum atomic E-state index is -0.0110. The van der Waals surface area contributed by atoms with Crippen molar-refractivity contribution in [2.24, 2.45) is 7.05 Å². The van der Waals surface area contributed by atoms with Crippen LogP contribution in [0.4, 0.5) is 0 Å². The summed E-state index contributed by atoms with van der Waals surface area (Å²) in [7, 11) is 1.99. The standard InChI is InChI=1S/C20H23N5O2/c1-14-22-17-12-15(5-6-18(17)23(14)2)13-19(26)24-8-10-25(11-9-24)20(27)16-4-3-7-21-16/h3-7,12,21H,8-11,13H2,1-2H3. The largest absolute Gasteiger partial charge is 0.357 e. The number of carbonyl (C=O) groups excluding carboxylic acids is 2. The molecule has 0 radical (unpaired) electrons. The summed E-state index contributed by atoms with van der Waals surface area (Å²) in [5.41, 5.74) is 3.55. The first kappa shape index (κ1) is 17.3. The lowest BCUT2D eigenvalue weighted by atomic mass is 10.1. The molecule has 2 aromatic heterocycles. The Morgan fingerprint density at radius 1 is 1.11 bits per heavy atom. The van der Waals surface area contributed by atoms with Gasteiger partial charge >= 0.3 is 0 Å². The van der Waals surface area contributed by atoms with Crippen LogP contribution in [0.15, 0.2) is 36.5 Å². The Morgan fingerprint density at radius 2 is 1.85 bits per heavy atom. The van der Waals surface area contributed by atoms with Crippen LogP contribution in [0.5, 0.6) is 0 Å². The van der Waals surface area contributed by atoms with Crippen LogP contribution in [0.2, 0.25) is 0 Å². The molecule has 2 amide bonds. The van der Waals surface area contributed by atoms with Gasteiger partial charge in [-0.3, -0.25) is 9.59 Å². The molecule has 0 saturated carbocycles. The van der Waals surface area contributed by atoms with Gasteiger partial charge in [-0.15, -0.1) is 0 Å². The Bertz CT molecular complexity index is 981. The van der Waals surface area contributed by atoms with Gasteiger partial charge in [0.1, 0.15) is 11.5 Å². The molecule has 7 nitrogen and oxygen atoms in total. The van der Waals surface area contributed by atoms with Crippen molar-refractivity contribution in [2.45, 2.75) is 13.3 Å². The Morgan fingerprint density at radius 3 is 2.56 bits per heavy atom. The average Bonchev–Trinajstić information content (AvgIpc) is 3.30. The summed E-state index contributed by atoms with van der Waals surface area (Å²) in [6.07, 6.45) is 2.10. The number of amides is 2. The van der Waals surface area contributed by atoms with Crippen molar-refractivity contribution in [3.8, 4) is 0 Å². The van der Waals surface area contributed by atoms with Crippen LogP contribution in [0, 0.1) is 6.92 Å². The molecule has 0 aliphatic carbocycles. The van der Waals surface area contributed by atoms with Gasteiger partial charge in [-0.2, -0.15) is 0 Å². The predicted octanol–water partition coefficient (Wildman–Crippen LogP) is 1.74. The van der Waals surface area contributed by atoms with Crippen LogP contribution in [0.3, 0.4) is 0 Å². The number of nitrogens with zero attached hydrogens (tertiary/aromatic N) is 4. The third-order valence-electron chi connectivity index (χ3n) is 5.27. The van der Waals surface area contributed by atoms with E-state index in [4.69, 9.17) is 0 Å². The minimum absolute atomic E-state index is 0.0110. The number of hydrogen-bond donors (Lipinski definition) is 1.